The maximum atomic E-state index is 3.75. The topological polar surface area (TPSA) is 18.5 Å². The molecule has 0 bridgehead atoms. The monoisotopic (exact) mass is 353 g/mol. The number of benzene rings is 1. The van der Waals surface area contributed by atoms with Gasteiger partial charge in [-0.15, -0.1) is 0 Å². The molecule has 118 valence electrons. The molecule has 0 aliphatic carbocycles. The van der Waals surface area contributed by atoms with Gasteiger partial charge in [0.2, 0.25) is 0 Å². The van der Waals surface area contributed by atoms with Crippen LogP contribution in [0.2, 0.25) is 0 Å². The van der Waals surface area contributed by atoms with Crippen LogP contribution in [-0.2, 0) is 0 Å². The number of nitrogens with one attached hydrogen (secondary N) is 1. The first-order valence-electron chi connectivity index (χ1n) is 8.08. The van der Waals surface area contributed by atoms with Crippen molar-refractivity contribution in [3.05, 3.63) is 28.2 Å². The SMILES string of the molecule is CCNC(C)c1ccc(N2CCN(CC)C(C)C2)cc1Br. The van der Waals surface area contributed by atoms with Gasteiger partial charge in [-0.25, -0.2) is 0 Å². The maximum absolute atomic E-state index is 3.75. The van der Waals surface area contributed by atoms with Crippen molar-refractivity contribution < 1.29 is 0 Å². The maximum Gasteiger partial charge on any atom is 0.0378 e. The van der Waals surface area contributed by atoms with Gasteiger partial charge in [0.1, 0.15) is 0 Å². The van der Waals surface area contributed by atoms with Crippen molar-refractivity contribution in [2.45, 2.75) is 39.8 Å². The second-order valence-corrected chi connectivity index (χ2v) is 6.76. The average molecular weight is 354 g/mol. The van der Waals surface area contributed by atoms with E-state index in [1.165, 1.54) is 15.7 Å². The Morgan fingerprint density at radius 1 is 1.33 bits per heavy atom. The molecule has 21 heavy (non-hydrogen) atoms. The van der Waals surface area contributed by atoms with Gasteiger partial charge in [-0.2, -0.15) is 0 Å². The lowest BCUT2D eigenvalue weighted by molar-refractivity contribution is 0.199. The normalized spacial score (nSPS) is 21.6. The standard InChI is InChI=1S/C17H28BrN3/c1-5-19-14(4)16-8-7-15(11-17(16)18)21-10-9-20(6-2)13(3)12-21/h7-8,11,13-14,19H,5-6,9-10,12H2,1-4H3. The summed E-state index contributed by atoms with van der Waals surface area (Å²) < 4.78 is 1.21. The summed E-state index contributed by atoms with van der Waals surface area (Å²) >= 11 is 3.75. The summed E-state index contributed by atoms with van der Waals surface area (Å²) in [5.41, 5.74) is 2.66. The summed E-state index contributed by atoms with van der Waals surface area (Å²) in [6, 6.07) is 7.81. The highest BCUT2D eigenvalue weighted by atomic mass is 79.9. The van der Waals surface area contributed by atoms with Gasteiger partial charge in [-0.1, -0.05) is 35.8 Å². The van der Waals surface area contributed by atoms with Crippen LogP contribution in [0.1, 0.15) is 39.3 Å². The van der Waals surface area contributed by atoms with E-state index in [0.717, 1.165) is 32.7 Å². The summed E-state index contributed by atoms with van der Waals surface area (Å²) in [7, 11) is 0. The number of anilines is 1. The Hall–Kier alpha value is -0.580. The van der Waals surface area contributed by atoms with E-state index in [2.05, 4.69) is 76.9 Å². The van der Waals surface area contributed by atoms with Gasteiger partial charge in [0.05, 0.1) is 0 Å². The van der Waals surface area contributed by atoms with Crippen molar-refractivity contribution in [1.82, 2.24) is 10.2 Å². The van der Waals surface area contributed by atoms with E-state index in [4.69, 9.17) is 0 Å². The van der Waals surface area contributed by atoms with E-state index >= 15 is 0 Å². The highest BCUT2D eigenvalue weighted by Crippen LogP contribution is 2.29. The van der Waals surface area contributed by atoms with Crippen LogP contribution in [0.4, 0.5) is 5.69 Å². The summed E-state index contributed by atoms with van der Waals surface area (Å²) in [5.74, 6) is 0. The van der Waals surface area contributed by atoms with Crippen LogP contribution in [0.15, 0.2) is 22.7 Å². The molecule has 1 N–H and O–H groups in total. The van der Waals surface area contributed by atoms with Crippen LogP contribution >= 0.6 is 15.9 Å². The molecule has 0 radical (unpaired) electrons. The molecule has 0 spiro atoms. The number of hydrogen-bond donors (Lipinski definition) is 1. The quantitative estimate of drug-likeness (QED) is 0.871. The number of hydrogen-bond acceptors (Lipinski definition) is 3. The van der Waals surface area contributed by atoms with Gasteiger partial charge in [0.25, 0.3) is 0 Å². The molecule has 1 fully saturated rings. The minimum absolute atomic E-state index is 0.384. The number of likely N-dealkylation sites (N-methyl/N-ethyl adjacent to an activating group) is 1. The Bertz CT molecular complexity index is 463. The summed E-state index contributed by atoms with van der Waals surface area (Å²) in [6.07, 6.45) is 0. The summed E-state index contributed by atoms with van der Waals surface area (Å²) in [6.45, 7) is 14.5. The van der Waals surface area contributed by atoms with Crippen LogP contribution < -0.4 is 10.2 Å². The Morgan fingerprint density at radius 3 is 2.67 bits per heavy atom. The fourth-order valence-electron chi connectivity index (χ4n) is 3.18. The van der Waals surface area contributed by atoms with Crippen molar-refractivity contribution in [3.63, 3.8) is 0 Å². The minimum Gasteiger partial charge on any atom is -0.369 e. The lowest BCUT2D eigenvalue weighted by atomic mass is 10.1. The van der Waals surface area contributed by atoms with E-state index in [9.17, 15) is 0 Å². The molecule has 2 rings (SSSR count). The third-order valence-electron chi connectivity index (χ3n) is 4.50. The molecule has 2 unspecified atom stereocenters. The molecular weight excluding hydrogens is 326 g/mol. The fourth-order valence-corrected chi connectivity index (χ4v) is 3.89. The number of nitrogens with zero attached hydrogens (tertiary/aromatic N) is 2. The van der Waals surface area contributed by atoms with Crippen LogP contribution in [0.5, 0.6) is 0 Å². The Labute approximate surface area is 137 Å². The highest BCUT2D eigenvalue weighted by Gasteiger charge is 2.23. The van der Waals surface area contributed by atoms with E-state index in [0.29, 0.717) is 12.1 Å². The van der Waals surface area contributed by atoms with Gasteiger partial charge in [-0.05, 0) is 44.6 Å². The molecule has 0 amide bonds. The third-order valence-corrected chi connectivity index (χ3v) is 5.18. The van der Waals surface area contributed by atoms with Crippen molar-refractivity contribution in [2.75, 3.05) is 37.6 Å². The Morgan fingerprint density at radius 2 is 2.10 bits per heavy atom. The predicted molar refractivity (Wildman–Crippen MR) is 95.2 cm³/mol. The smallest absolute Gasteiger partial charge is 0.0378 e. The largest absolute Gasteiger partial charge is 0.369 e. The van der Waals surface area contributed by atoms with Gasteiger partial charge >= 0.3 is 0 Å². The average Bonchev–Trinajstić information content (AvgIpc) is 2.47. The van der Waals surface area contributed by atoms with Crippen LogP contribution in [0.25, 0.3) is 0 Å². The van der Waals surface area contributed by atoms with Crippen molar-refractivity contribution in [3.8, 4) is 0 Å². The zero-order valence-corrected chi connectivity index (χ0v) is 15.3. The number of rotatable bonds is 5. The van der Waals surface area contributed by atoms with Gasteiger partial charge in [-0.3, -0.25) is 4.90 Å². The van der Waals surface area contributed by atoms with E-state index < -0.39 is 0 Å². The van der Waals surface area contributed by atoms with E-state index in [-0.39, 0.29) is 0 Å². The van der Waals surface area contributed by atoms with Crippen molar-refractivity contribution in [1.29, 1.82) is 0 Å². The summed E-state index contributed by atoms with van der Waals surface area (Å²) in [4.78, 5) is 5.05. The van der Waals surface area contributed by atoms with Gasteiger partial charge < -0.3 is 10.2 Å². The molecule has 1 aromatic rings. The molecule has 1 aliphatic rings. The minimum atomic E-state index is 0.384. The van der Waals surface area contributed by atoms with E-state index in [1.807, 2.05) is 0 Å². The zero-order chi connectivity index (χ0) is 15.4. The molecule has 0 aromatic heterocycles. The molecule has 0 saturated carbocycles. The first-order chi connectivity index (χ1) is 10.1. The molecule has 1 aromatic carbocycles. The van der Waals surface area contributed by atoms with Gasteiger partial charge in [0.15, 0.2) is 0 Å². The first kappa shape index (κ1) is 16.8. The number of piperazine rings is 1. The first-order valence-corrected chi connectivity index (χ1v) is 8.87. The highest BCUT2D eigenvalue weighted by molar-refractivity contribution is 9.10. The van der Waals surface area contributed by atoms with Crippen LogP contribution in [0.3, 0.4) is 0 Å². The molecule has 1 saturated heterocycles. The molecule has 1 heterocycles. The van der Waals surface area contributed by atoms with E-state index in [1.54, 1.807) is 0 Å². The molecule has 2 atom stereocenters. The molecule has 1 aliphatic heterocycles. The zero-order valence-electron chi connectivity index (χ0n) is 13.7. The van der Waals surface area contributed by atoms with Crippen LogP contribution in [0, 0.1) is 0 Å². The van der Waals surface area contributed by atoms with Crippen molar-refractivity contribution in [2.24, 2.45) is 0 Å². The molecule has 4 heteroatoms. The Kier molecular flexibility index (Phi) is 6.08. The third kappa shape index (κ3) is 3.99. The second kappa shape index (κ2) is 7.61. The fraction of sp³-hybridized carbons (Fsp3) is 0.647. The lowest BCUT2D eigenvalue weighted by Crippen LogP contribution is -2.51. The van der Waals surface area contributed by atoms with Crippen molar-refractivity contribution >= 4 is 21.6 Å². The summed E-state index contributed by atoms with van der Waals surface area (Å²) in [5, 5.41) is 3.47. The predicted octanol–water partition coefficient (Wildman–Crippen LogP) is 3.65. The lowest BCUT2D eigenvalue weighted by Gasteiger charge is -2.40. The Balaban J connectivity index is 2.10. The van der Waals surface area contributed by atoms with Gasteiger partial charge in [0, 0.05) is 41.9 Å². The molecule has 3 nitrogen and oxygen atoms in total. The second-order valence-electron chi connectivity index (χ2n) is 5.91. The number of halogens is 1. The van der Waals surface area contributed by atoms with Crippen LogP contribution in [-0.4, -0.2) is 43.7 Å². The molecular formula is C17H28BrN3.